The van der Waals surface area contributed by atoms with Gasteiger partial charge < -0.3 is 10.1 Å². The fourth-order valence-electron chi connectivity index (χ4n) is 1.33. The van der Waals surface area contributed by atoms with Gasteiger partial charge in [0.15, 0.2) is 0 Å². The van der Waals surface area contributed by atoms with E-state index in [2.05, 4.69) is 11.4 Å². The van der Waals surface area contributed by atoms with Crippen LogP contribution in [0.5, 0.6) is 0 Å². The number of allylic oxidation sites excluding steroid dienone is 1. The number of carbonyl (C=O) groups excluding carboxylic acids is 2. The molecule has 0 radical (unpaired) electrons. The summed E-state index contributed by atoms with van der Waals surface area (Å²) in [6.07, 6.45) is 5.73. The van der Waals surface area contributed by atoms with Crippen molar-refractivity contribution in [1.82, 2.24) is 5.32 Å². The molecular formula is C13H23NO3. The van der Waals surface area contributed by atoms with Crippen LogP contribution in [0.4, 0.5) is 0 Å². The molecule has 4 nitrogen and oxygen atoms in total. The van der Waals surface area contributed by atoms with E-state index in [4.69, 9.17) is 4.74 Å². The molecule has 0 saturated carbocycles. The Balaban J connectivity index is 3.68. The van der Waals surface area contributed by atoms with Crippen LogP contribution in [0.3, 0.4) is 0 Å². The van der Waals surface area contributed by atoms with Gasteiger partial charge >= 0.3 is 5.97 Å². The molecule has 0 rings (SSSR count). The molecule has 0 aliphatic rings. The van der Waals surface area contributed by atoms with E-state index in [0.717, 1.165) is 12.8 Å². The van der Waals surface area contributed by atoms with Crippen molar-refractivity contribution >= 4 is 11.9 Å². The number of rotatable bonds is 7. The van der Waals surface area contributed by atoms with Crippen LogP contribution in [-0.4, -0.2) is 24.5 Å². The Hall–Kier alpha value is -1.32. The van der Waals surface area contributed by atoms with Crippen molar-refractivity contribution in [2.45, 2.75) is 46.6 Å². The zero-order chi connectivity index (χ0) is 13.3. The van der Waals surface area contributed by atoms with Crippen LogP contribution in [-0.2, 0) is 14.3 Å². The highest BCUT2D eigenvalue weighted by atomic mass is 16.5. The van der Waals surface area contributed by atoms with Crippen molar-refractivity contribution in [3.05, 3.63) is 12.2 Å². The van der Waals surface area contributed by atoms with E-state index < -0.39 is 0 Å². The first-order chi connectivity index (χ1) is 7.93. The third kappa shape index (κ3) is 9.60. The van der Waals surface area contributed by atoms with Crippen molar-refractivity contribution in [2.24, 2.45) is 5.92 Å². The second-order valence-corrected chi connectivity index (χ2v) is 4.27. The summed E-state index contributed by atoms with van der Waals surface area (Å²) >= 11 is 0. The van der Waals surface area contributed by atoms with E-state index in [1.165, 1.54) is 13.8 Å². The van der Waals surface area contributed by atoms with Gasteiger partial charge in [0.2, 0.25) is 5.91 Å². The average molecular weight is 241 g/mol. The second-order valence-electron chi connectivity index (χ2n) is 4.27. The SMILES string of the molecule is CC(=O)NCCC=CCC(C)C(C)OC(C)=O. The Morgan fingerprint density at radius 1 is 1.24 bits per heavy atom. The van der Waals surface area contributed by atoms with Gasteiger partial charge in [-0.25, -0.2) is 0 Å². The molecular weight excluding hydrogens is 218 g/mol. The van der Waals surface area contributed by atoms with Gasteiger partial charge in [-0.3, -0.25) is 9.59 Å². The Morgan fingerprint density at radius 3 is 2.41 bits per heavy atom. The van der Waals surface area contributed by atoms with E-state index in [1.54, 1.807) is 0 Å². The lowest BCUT2D eigenvalue weighted by Crippen LogP contribution is -2.20. The fourth-order valence-corrected chi connectivity index (χ4v) is 1.33. The molecule has 0 aliphatic heterocycles. The zero-order valence-corrected chi connectivity index (χ0v) is 11.2. The lowest BCUT2D eigenvalue weighted by Gasteiger charge is -2.17. The fraction of sp³-hybridized carbons (Fsp3) is 0.692. The summed E-state index contributed by atoms with van der Waals surface area (Å²) in [5.74, 6) is 0.0603. The van der Waals surface area contributed by atoms with Crippen molar-refractivity contribution in [3.63, 3.8) is 0 Å². The number of esters is 1. The summed E-state index contributed by atoms with van der Waals surface area (Å²) in [5, 5.41) is 2.72. The third-order valence-electron chi connectivity index (χ3n) is 2.51. The summed E-state index contributed by atoms with van der Waals surface area (Å²) in [6.45, 7) is 7.54. The molecule has 0 aliphatic carbocycles. The third-order valence-corrected chi connectivity index (χ3v) is 2.51. The Kier molecular flexibility index (Phi) is 8.11. The molecule has 0 aromatic rings. The molecule has 0 heterocycles. The van der Waals surface area contributed by atoms with Crippen LogP contribution in [0.2, 0.25) is 0 Å². The van der Waals surface area contributed by atoms with Crippen molar-refractivity contribution < 1.29 is 14.3 Å². The Bertz CT molecular complexity index is 274. The zero-order valence-electron chi connectivity index (χ0n) is 11.2. The molecule has 0 saturated heterocycles. The van der Waals surface area contributed by atoms with E-state index in [9.17, 15) is 9.59 Å². The van der Waals surface area contributed by atoms with E-state index >= 15 is 0 Å². The molecule has 98 valence electrons. The van der Waals surface area contributed by atoms with Gasteiger partial charge in [0, 0.05) is 20.4 Å². The van der Waals surface area contributed by atoms with E-state index in [1.807, 2.05) is 19.9 Å². The molecule has 0 fully saturated rings. The smallest absolute Gasteiger partial charge is 0.302 e. The van der Waals surface area contributed by atoms with Gasteiger partial charge in [0.1, 0.15) is 6.10 Å². The van der Waals surface area contributed by atoms with Crippen LogP contribution in [0.25, 0.3) is 0 Å². The molecule has 0 aromatic carbocycles. The first-order valence-electron chi connectivity index (χ1n) is 6.00. The van der Waals surface area contributed by atoms with E-state index in [0.29, 0.717) is 12.5 Å². The Morgan fingerprint density at radius 2 is 1.88 bits per heavy atom. The van der Waals surface area contributed by atoms with Gasteiger partial charge in [0.25, 0.3) is 0 Å². The molecule has 1 amide bonds. The summed E-state index contributed by atoms with van der Waals surface area (Å²) in [7, 11) is 0. The number of nitrogens with one attached hydrogen (secondary N) is 1. The molecule has 2 atom stereocenters. The van der Waals surface area contributed by atoms with Crippen molar-refractivity contribution in [1.29, 1.82) is 0 Å². The molecule has 17 heavy (non-hydrogen) atoms. The van der Waals surface area contributed by atoms with Gasteiger partial charge in [-0.05, 0) is 25.7 Å². The van der Waals surface area contributed by atoms with Crippen LogP contribution in [0.1, 0.15) is 40.5 Å². The number of carbonyl (C=O) groups is 2. The van der Waals surface area contributed by atoms with E-state index in [-0.39, 0.29) is 18.0 Å². The van der Waals surface area contributed by atoms with Gasteiger partial charge in [-0.1, -0.05) is 19.1 Å². The first kappa shape index (κ1) is 15.7. The highest BCUT2D eigenvalue weighted by Crippen LogP contribution is 2.12. The largest absolute Gasteiger partial charge is 0.463 e. The number of ether oxygens (including phenoxy) is 1. The van der Waals surface area contributed by atoms with Gasteiger partial charge in [-0.2, -0.15) is 0 Å². The average Bonchev–Trinajstić information content (AvgIpc) is 2.21. The minimum absolute atomic E-state index is 0.00440. The van der Waals surface area contributed by atoms with Crippen LogP contribution < -0.4 is 5.32 Å². The lowest BCUT2D eigenvalue weighted by molar-refractivity contribution is -0.147. The monoisotopic (exact) mass is 241 g/mol. The minimum Gasteiger partial charge on any atom is -0.463 e. The predicted octanol–water partition coefficient (Wildman–Crippen LogP) is 2.05. The summed E-state index contributed by atoms with van der Waals surface area (Å²) < 4.78 is 5.09. The molecule has 1 N–H and O–H groups in total. The normalized spacial score (nSPS) is 14.4. The molecule has 0 aromatic heterocycles. The number of hydrogen-bond donors (Lipinski definition) is 1. The van der Waals surface area contributed by atoms with Crippen molar-refractivity contribution in [3.8, 4) is 0 Å². The topological polar surface area (TPSA) is 55.4 Å². The second kappa shape index (κ2) is 8.79. The summed E-state index contributed by atoms with van der Waals surface area (Å²) in [5.41, 5.74) is 0. The molecule has 4 heteroatoms. The standard InChI is InChI=1S/C13H23NO3/c1-10(11(2)17-13(4)16)8-6-5-7-9-14-12(3)15/h5-6,10-11H,7-9H2,1-4H3,(H,14,15). The van der Waals surface area contributed by atoms with Crippen LogP contribution in [0.15, 0.2) is 12.2 Å². The van der Waals surface area contributed by atoms with Gasteiger partial charge in [0.05, 0.1) is 0 Å². The number of amides is 1. The maximum absolute atomic E-state index is 10.8. The Labute approximate surface area is 103 Å². The highest BCUT2D eigenvalue weighted by Gasteiger charge is 2.12. The highest BCUT2D eigenvalue weighted by molar-refractivity contribution is 5.72. The quantitative estimate of drug-likeness (QED) is 0.421. The van der Waals surface area contributed by atoms with Gasteiger partial charge in [-0.15, -0.1) is 0 Å². The van der Waals surface area contributed by atoms with Crippen LogP contribution >= 0.6 is 0 Å². The number of hydrogen-bond acceptors (Lipinski definition) is 3. The maximum Gasteiger partial charge on any atom is 0.302 e. The first-order valence-corrected chi connectivity index (χ1v) is 6.00. The van der Waals surface area contributed by atoms with Crippen molar-refractivity contribution in [2.75, 3.05) is 6.54 Å². The summed E-state index contributed by atoms with van der Waals surface area (Å²) in [6, 6.07) is 0. The summed E-state index contributed by atoms with van der Waals surface area (Å²) in [4.78, 5) is 21.4. The molecule has 2 unspecified atom stereocenters. The molecule has 0 bridgehead atoms. The predicted molar refractivity (Wildman–Crippen MR) is 67.4 cm³/mol. The van der Waals surface area contributed by atoms with Crippen LogP contribution in [0, 0.1) is 5.92 Å². The minimum atomic E-state index is -0.237. The maximum atomic E-state index is 10.8. The molecule has 0 spiro atoms. The lowest BCUT2D eigenvalue weighted by atomic mass is 10.0.